The molecule has 0 spiro atoms. The Morgan fingerprint density at radius 3 is 2.47 bits per heavy atom. The van der Waals surface area contributed by atoms with E-state index < -0.39 is 10.0 Å². The molecule has 0 aliphatic carbocycles. The van der Waals surface area contributed by atoms with Crippen LogP contribution in [-0.2, 0) is 16.6 Å². The molecule has 0 aliphatic heterocycles. The van der Waals surface area contributed by atoms with Gasteiger partial charge in [0, 0.05) is 17.5 Å². The number of nitrogens with two attached hydrogens (primary N) is 1. The van der Waals surface area contributed by atoms with Crippen molar-refractivity contribution in [2.24, 2.45) is 11.7 Å². The molecule has 0 aromatic carbocycles. The molecule has 0 radical (unpaired) electrons. The number of sulfonamides is 1. The summed E-state index contributed by atoms with van der Waals surface area (Å²) in [6, 6.07) is 1.51. The van der Waals surface area contributed by atoms with Crippen LogP contribution in [0.25, 0.3) is 0 Å². The highest BCUT2D eigenvalue weighted by Crippen LogP contribution is 2.31. The topological polar surface area (TPSA) is 72.2 Å². The summed E-state index contributed by atoms with van der Waals surface area (Å²) in [5.41, 5.74) is 5.50. The maximum atomic E-state index is 12.1. The average Bonchev–Trinajstić information content (AvgIpc) is 2.59. The van der Waals surface area contributed by atoms with Crippen LogP contribution in [-0.4, -0.2) is 14.5 Å². The molecule has 1 aromatic heterocycles. The van der Waals surface area contributed by atoms with Crippen LogP contribution >= 0.6 is 27.3 Å². The number of halogens is 1. The number of hydrogen-bond acceptors (Lipinski definition) is 4. The fraction of sp³-hybridized carbons (Fsp3) is 0.600. The van der Waals surface area contributed by atoms with Gasteiger partial charge in [-0.2, -0.15) is 0 Å². The second-order valence-corrected chi connectivity index (χ2v) is 8.35. The minimum atomic E-state index is -3.47. The van der Waals surface area contributed by atoms with E-state index >= 15 is 0 Å². The Hall–Kier alpha value is 0.0500. The highest BCUT2D eigenvalue weighted by molar-refractivity contribution is 9.11. The molecule has 0 fully saturated rings. The van der Waals surface area contributed by atoms with Gasteiger partial charge in [0.15, 0.2) is 0 Å². The van der Waals surface area contributed by atoms with Crippen molar-refractivity contribution in [1.82, 2.24) is 4.72 Å². The van der Waals surface area contributed by atoms with Gasteiger partial charge in [-0.05, 0) is 34.8 Å². The second-order valence-electron chi connectivity index (χ2n) is 4.21. The maximum absolute atomic E-state index is 12.1. The predicted molar refractivity (Wildman–Crippen MR) is 74.5 cm³/mol. The molecular formula is C10H17BrN2O2S2. The standard InChI is InChI=1S/C10H17BrN2O2S2/c1-6(2)7(3)13-17(14,15)9-4-8(5-12)16-10(9)11/h4,6-7,13H,5,12H2,1-3H3. The minimum Gasteiger partial charge on any atom is -0.326 e. The van der Waals surface area contributed by atoms with E-state index in [9.17, 15) is 8.42 Å². The van der Waals surface area contributed by atoms with Crippen molar-refractivity contribution in [2.45, 2.75) is 38.3 Å². The third kappa shape index (κ3) is 3.75. The zero-order valence-corrected chi connectivity index (χ0v) is 13.2. The zero-order chi connectivity index (χ0) is 13.2. The molecule has 0 bridgehead atoms. The van der Waals surface area contributed by atoms with E-state index in [1.165, 1.54) is 11.3 Å². The van der Waals surface area contributed by atoms with Gasteiger partial charge in [-0.3, -0.25) is 0 Å². The summed E-state index contributed by atoms with van der Waals surface area (Å²) in [6.45, 7) is 6.15. The van der Waals surface area contributed by atoms with Gasteiger partial charge in [0.05, 0.1) is 3.79 Å². The lowest BCUT2D eigenvalue weighted by Crippen LogP contribution is -2.36. The molecule has 98 valence electrons. The molecule has 1 atom stereocenters. The largest absolute Gasteiger partial charge is 0.326 e. The molecular weight excluding hydrogens is 324 g/mol. The van der Waals surface area contributed by atoms with Gasteiger partial charge < -0.3 is 5.73 Å². The molecule has 0 saturated heterocycles. The van der Waals surface area contributed by atoms with Gasteiger partial charge in [-0.1, -0.05) is 13.8 Å². The molecule has 1 rings (SSSR count). The fourth-order valence-electron chi connectivity index (χ4n) is 1.13. The lowest BCUT2D eigenvalue weighted by molar-refractivity contribution is 0.476. The molecule has 1 unspecified atom stereocenters. The number of hydrogen-bond donors (Lipinski definition) is 2. The van der Waals surface area contributed by atoms with Crippen molar-refractivity contribution in [2.75, 3.05) is 0 Å². The van der Waals surface area contributed by atoms with Crippen molar-refractivity contribution in [1.29, 1.82) is 0 Å². The smallest absolute Gasteiger partial charge is 0.242 e. The second kappa shape index (κ2) is 5.79. The van der Waals surface area contributed by atoms with Gasteiger partial charge in [0.25, 0.3) is 0 Å². The molecule has 17 heavy (non-hydrogen) atoms. The number of nitrogens with one attached hydrogen (secondary N) is 1. The Kier molecular flexibility index (Phi) is 5.15. The van der Waals surface area contributed by atoms with Gasteiger partial charge in [0.2, 0.25) is 10.0 Å². The number of rotatable bonds is 5. The van der Waals surface area contributed by atoms with Crippen molar-refractivity contribution in [3.8, 4) is 0 Å². The predicted octanol–water partition coefficient (Wildman–Crippen LogP) is 2.29. The van der Waals surface area contributed by atoms with Crippen molar-refractivity contribution in [3.63, 3.8) is 0 Å². The molecule has 0 amide bonds. The van der Waals surface area contributed by atoms with Gasteiger partial charge in [-0.15, -0.1) is 11.3 Å². The molecule has 7 heteroatoms. The lowest BCUT2D eigenvalue weighted by Gasteiger charge is -2.17. The SMILES string of the molecule is CC(C)C(C)NS(=O)(=O)c1cc(CN)sc1Br. The third-order valence-electron chi connectivity index (χ3n) is 2.54. The van der Waals surface area contributed by atoms with E-state index in [1.54, 1.807) is 6.07 Å². The Morgan fingerprint density at radius 1 is 1.47 bits per heavy atom. The first-order chi connectivity index (χ1) is 7.77. The minimum absolute atomic E-state index is 0.104. The first kappa shape index (κ1) is 15.1. The van der Waals surface area contributed by atoms with Crippen LogP contribution in [0.15, 0.2) is 14.7 Å². The molecule has 3 N–H and O–H groups in total. The van der Waals surface area contributed by atoms with Crippen molar-refractivity contribution < 1.29 is 8.42 Å². The van der Waals surface area contributed by atoms with Crippen LogP contribution in [0.3, 0.4) is 0 Å². The Balaban J connectivity index is 3.01. The summed E-state index contributed by atoms with van der Waals surface area (Å²) in [7, 11) is -3.47. The average molecular weight is 341 g/mol. The molecule has 1 heterocycles. The summed E-state index contributed by atoms with van der Waals surface area (Å²) in [5.74, 6) is 0.246. The van der Waals surface area contributed by atoms with Crippen molar-refractivity contribution >= 4 is 37.3 Å². The monoisotopic (exact) mass is 340 g/mol. The van der Waals surface area contributed by atoms with Crippen LogP contribution in [0.2, 0.25) is 0 Å². The van der Waals surface area contributed by atoms with Crippen LogP contribution in [0, 0.1) is 5.92 Å². The maximum Gasteiger partial charge on any atom is 0.242 e. The van der Waals surface area contributed by atoms with E-state index in [4.69, 9.17) is 5.73 Å². The first-order valence-electron chi connectivity index (χ1n) is 5.28. The fourth-order valence-corrected chi connectivity index (χ4v) is 5.08. The lowest BCUT2D eigenvalue weighted by atomic mass is 10.1. The Labute approximate surface area is 115 Å². The normalized spacial score (nSPS) is 14.2. The zero-order valence-electron chi connectivity index (χ0n) is 10.0. The molecule has 4 nitrogen and oxygen atoms in total. The highest BCUT2D eigenvalue weighted by Gasteiger charge is 2.23. The van der Waals surface area contributed by atoms with E-state index in [-0.39, 0.29) is 16.9 Å². The number of thiophene rings is 1. The molecule has 0 saturated carbocycles. The van der Waals surface area contributed by atoms with E-state index in [2.05, 4.69) is 20.7 Å². The molecule has 1 aromatic rings. The van der Waals surface area contributed by atoms with Crippen LogP contribution in [0.1, 0.15) is 25.6 Å². The van der Waals surface area contributed by atoms with E-state index in [0.717, 1.165) is 4.88 Å². The third-order valence-corrected chi connectivity index (χ3v) is 6.37. The van der Waals surface area contributed by atoms with Gasteiger partial charge >= 0.3 is 0 Å². The summed E-state index contributed by atoms with van der Waals surface area (Å²) >= 11 is 4.61. The van der Waals surface area contributed by atoms with Crippen LogP contribution in [0.5, 0.6) is 0 Å². The first-order valence-corrected chi connectivity index (χ1v) is 8.37. The van der Waals surface area contributed by atoms with Crippen LogP contribution < -0.4 is 10.5 Å². The summed E-state index contributed by atoms with van der Waals surface area (Å²) in [4.78, 5) is 1.12. The van der Waals surface area contributed by atoms with Gasteiger partial charge in [-0.25, -0.2) is 13.1 Å². The van der Waals surface area contributed by atoms with E-state index in [1.807, 2.05) is 20.8 Å². The Bertz CT molecular complexity index is 482. The Morgan fingerprint density at radius 2 is 2.06 bits per heavy atom. The quantitative estimate of drug-likeness (QED) is 0.863. The van der Waals surface area contributed by atoms with Crippen molar-refractivity contribution in [3.05, 3.63) is 14.7 Å². The van der Waals surface area contributed by atoms with Gasteiger partial charge in [0.1, 0.15) is 4.90 Å². The summed E-state index contributed by atoms with van der Waals surface area (Å²) in [6.07, 6.45) is 0. The highest BCUT2D eigenvalue weighted by atomic mass is 79.9. The summed E-state index contributed by atoms with van der Waals surface area (Å²) < 4.78 is 27.5. The van der Waals surface area contributed by atoms with Crippen LogP contribution in [0.4, 0.5) is 0 Å². The summed E-state index contributed by atoms with van der Waals surface area (Å²) in [5, 5.41) is 0. The molecule has 0 aliphatic rings. The van der Waals surface area contributed by atoms with E-state index in [0.29, 0.717) is 10.3 Å².